The molecule has 1 aromatic carbocycles. The molecule has 114 valence electrons. The molecule has 0 aromatic heterocycles. The molecule has 22 heavy (non-hydrogen) atoms. The number of nitrogens with zero attached hydrogens (tertiary/aromatic N) is 2. The number of piperidine rings is 1. The molecule has 1 aliphatic heterocycles. The number of carbonyl (C=O) groups is 1. The van der Waals surface area contributed by atoms with Crippen LogP contribution < -0.4 is 5.32 Å². The van der Waals surface area contributed by atoms with Gasteiger partial charge >= 0.3 is 0 Å². The molecule has 1 aliphatic rings. The second-order valence-corrected chi connectivity index (χ2v) is 5.35. The molecule has 0 saturated carbocycles. The van der Waals surface area contributed by atoms with Gasteiger partial charge in [0.2, 0.25) is 5.91 Å². The highest BCUT2D eigenvalue weighted by molar-refractivity contribution is 5.79. The minimum atomic E-state index is -0.961. The number of likely N-dealkylation sites (tertiary alicyclic amines) is 1. The number of terminal acetylenes is 1. The van der Waals surface area contributed by atoms with E-state index in [0.717, 1.165) is 13.1 Å². The van der Waals surface area contributed by atoms with Gasteiger partial charge in [-0.05, 0) is 32.0 Å². The summed E-state index contributed by atoms with van der Waals surface area (Å²) < 4.78 is 13.7. The highest BCUT2D eigenvalue weighted by Gasteiger charge is 2.27. The summed E-state index contributed by atoms with van der Waals surface area (Å²) in [6.07, 6.45) is 6.67. The van der Waals surface area contributed by atoms with E-state index in [0.29, 0.717) is 19.4 Å². The first-order valence-electron chi connectivity index (χ1n) is 7.26. The average Bonchev–Trinajstić information content (AvgIpc) is 2.54. The Kier molecular flexibility index (Phi) is 5.52. The predicted octanol–water partition coefficient (Wildman–Crippen LogP) is 1.85. The van der Waals surface area contributed by atoms with E-state index in [2.05, 4.69) is 16.1 Å². The summed E-state index contributed by atoms with van der Waals surface area (Å²) in [5.74, 6) is 1.75. The number of rotatable bonds is 4. The van der Waals surface area contributed by atoms with Gasteiger partial charge in [-0.25, -0.2) is 4.39 Å². The highest BCUT2D eigenvalue weighted by Crippen LogP contribution is 2.20. The number of benzene rings is 1. The quantitative estimate of drug-likeness (QED) is 0.863. The Labute approximate surface area is 129 Å². The number of nitrogens with one attached hydrogen (secondary N) is 1. The molecule has 1 saturated heterocycles. The summed E-state index contributed by atoms with van der Waals surface area (Å²) in [5.41, 5.74) is 0.197. The summed E-state index contributed by atoms with van der Waals surface area (Å²) >= 11 is 0. The first kappa shape index (κ1) is 16.0. The number of amides is 1. The SMILES string of the molecule is C#CCN1CCC(C(=O)NC(C#N)c2ccccc2F)CC1. The molecule has 0 radical (unpaired) electrons. The van der Waals surface area contributed by atoms with Crippen LogP contribution in [0.2, 0.25) is 0 Å². The minimum Gasteiger partial charge on any atom is -0.336 e. The van der Waals surface area contributed by atoms with Crippen LogP contribution in [-0.4, -0.2) is 30.4 Å². The van der Waals surface area contributed by atoms with Crippen molar-refractivity contribution < 1.29 is 9.18 Å². The molecule has 1 aromatic rings. The lowest BCUT2D eigenvalue weighted by atomic mass is 9.95. The van der Waals surface area contributed by atoms with Crippen molar-refractivity contribution in [3.05, 3.63) is 35.6 Å². The molecule has 2 rings (SSSR count). The summed E-state index contributed by atoms with van der Waals surface area (Å²) in [4.78, 5) is 14.4. The van der Waals surface area contributed by atoms with Gasteiger partial charge in [0.15, 0.2) is 0 Å². The monoisotopic (exact) mass is 299 g/mol. The molecular formula is C17H18FN3O. The molecule has 5 heteroatoms. The largest absolute Gasteiger partial charge is 0.336 e. The van der Waals surface area contributed by atoms with Crippen LogP contribution in [0.5, 0.6) is 0 Å². The van der Waals surface area contributed by atoms with Gasteiger partial charge < -0.3 is 5.32 Å². The summed E-state index contributed by atoms with van der Waals surface area (Å²) in [5, 5.41) is 11.8. The maximum absolute atomic E-state index is 13.7. The fourth-order valence-corrected chi connectivity index (χ4v) is 2.63. The molecule has 0 aliphatic carbocycles. The van der Waals surface area contributed by atoms with E-state index in [9.17, 15) is 14.4 Å². The molecule has 0 spiro atoms. The summed E-state index contributed by atoms with van der Waals surface area (Å²) in [6, 6.07) is 6.98. The van der Waals surface area contributed by atoms with Crippen LogP contribution in [-0.2, 0) is 4.79 Å². The summed E-state index contributed by atoms with van der Waals surface area (Å²) in [7, 11) is 0. The lowest BCUT2D eigenvalue weighted by Gasteiger charge is -2.30. The van der Waals surface area contributed by atoms with Crippen molar-refractivity contribution in [3.8, 4) is 18.4 Å². The summed E-state index contributed by atoms with van der Waals surface area (Å²) in [6.45, 7) is 2.11. The molecule has 1 amide bonds. The molecule has 1 heterocycles. The molecule has 1 atom stereocenters. The Morgan fingerprint density at radius 2 is 2.14 bits per heavy atom. The van der Waals surface area contributed by atoms with Crippen molar-refractivity contribution in [2.45, 2.75) is 18.9 Å². The molecule has 1 fully saturated rings. The van der Waals surface area contributed by atoms with E-state index >= 15 is 0 Å². The van der Waals surface area contributed by atoms with Gasteiger partial charge in [-0.3, -0.25) is 9.69 Å². The third kappa shape index (κ3) is 3.84. The van der Waals surface area contributed by atoms with Crippen LogP contribution in [0.1, 0.15) is 24.4 Å². The Hall–Kier alpha value is -2.37. The van der Waals surface area contributed by atoms with Gasteiger partial charge in [0.1, 0.15) is 11.9 Å². The third-order valence-electron chi connectivity index (χ3n) is 3.91. The normalized spacial score (nSPS) is 17.2. The van der Waals surface area contributed by atoms with E-state index in [1.54, 1.807) is 12.1 Å². The van der Waals surface area contributed by atoms with Crippen molar-refractivity contribution in [2.75, 3.05) is 19.6 Å². The van der Waals surface area contributed by atoms with Crippen LogP contribution >= 0.6 is 0 Å². The van der Waals surface area contributed by atoms with Gasteiger partial charge in [-0.1, -0.05) is 24.1 Å². The topological polar surface area (TPSA) is 56.1 Å². The second kappa shape index (κ2) is 7.59. The first-order chi connectivity index (χ1) is 10.7. The number of halogens is 1. The van der Waals surface area contributed by atoms with Gasteiger partial charge in [-0.15, -0.1) is 6.42 Å². The van der Waals surface area contributed by atoms with Crippen molar-refractivity contribution in [3.63, 3.8) is 0 Å². The maximum atomic E-state index is 13.7. The lowest BCUT2D eigenvalue weighted by Crippen LogP contribution is -2.41. The standard InChI is InChI=1S/C17H18FN3O/c1-2-9-21-10-7-13(8-11-21)17(22)20-16(12-19)14-5-3-4-6-15(14)18/h1,3-6,13,16H,7-11H2,(H,20,22). The Morgan fingerprint density at radius 1 is 1.45 bits per heavy atom. The van der Waals surface area contributed by atoms with Gasteiger partial charge in [0.05, 0.1) is 12.6 Å². The average molecular weight is 299 g/mol. The predicted molar refractivity (Wildman–Crippen MR) is 80.9 cm³/mol. The van der Waals surface area contributed by atoms with E-state index in [1.165, 1.54) is 12.1 Å². The van der Waals surface area contributed by atoms with Crippen molar-refractivity contribution in [1.82, 2.24) is 10.2 Å². The number of nitriles is 1. The van der Waals surface area contributed by atoms with Crippen molar-refractivity contribution in [2.24, 2.45) is 5.92 Å². The van der Waals surface area contributed by atoms with Crippen LogP contribution in [0.25, 0.3) is 0 Å². The third-order valence-corrected chi connectivity index (χ3v) is 3.91. The number of carbonyl (C=O) groups excluding carboxylic acids is 1. The zero-order chi connectivity index (χ0) is 15.9. The minimum absolute atomic E-state index is 0.156. The Balaban J connectivity index is 1.96. The Morgan fingerprint density at radius 3 is 2.73 bits per heavy atom. The first-order valence-corrected chi connectivity index (χ1v) is 7.26. The maximum Gasteiger partial charge on any atom is 0.224 e. The number of hydrogen-bond donors (Lipinski definition) is 1. The van der Waals surface area contributed by atoms with Crippen molar-refractivity contribution >= 4 is 5.91 Å². The van der Waals surface area contributed by atoms with E-state index < -0.39 is 11.9 Å². The second-order valence-electron chi connectivity index (χ2n) is 5.35. The molecule has 0 bridgehead atoms. The van der Waals surface area contributed by atoms with Crippen molar-refractivity contribution in [1.29, 1.82) is 5.26 Å². The Bertz CT molecular complexity index is 609. The smallest absolute Gasteiger partial charge is 0.224 e. The molecule has 1 N–H and O–H groups in total. The van der Waals surface area contributed by atoms with Gasteiger partial charge in [0.25, 0.3) is 0 Å². The molecule has 4 nitrogen and oxygen atoms in total. The zero-order valence-electron chi connectivity index (χ0n) is 12.3. The van der Waals surface area contributed by atoms with Crippen LogP contribution in [0.4, 0.5) is 4.39 Å². The van der Waals surface area contributed by atoms with Crippen LogP contribution in [0.15, 0.2) is 24.3 Å². The zero-order valence-corrected chi connectivity index (χ0v) is 12.3. The van der Waals surface area contributed by atoms with E-state index in [4.69, 9.17) is 6.42 Å². The molecular weight excluding hydrogens is 281 g/mol. The highest BCUT2D eigenvalue weighted by atomic mass is 19.1. The van der Waals surface area contributed by atoms with Gasteiger partial charge in [0, 0.05) is 11.5 Å². The van der Waals surface area contributed by atoms with E-state index in [1.807, 2.05) is 6.07 Å². The molecule has 1 unspecified atom stereocenters. The fraction of sp³-hybridized carbons (Fsp3) is 0.412. The lowest BCUT2D eigenvalue weighted by molar-refractivity contribution is -0.126. The van der Waals surface area contributed by atoms with E-state index in [-0.39, 0.29) is 17.4 Å². The fourth-order valence-electron chi connectivity index (χ4n) is 2.63. The van der Waals surface area contributed by atoms with Crippen LogP contribution in [0, 0.1) is 35.4 Å². The van der Waals surface area contributed by atoms with Gasteiger partial charge in [-0.2, -0.15) is 5.26 Å². The number of hydrogen-bond acceptors (Lipinski definition) is 3. The van der Waals surface area contributed by atoms with Crippen LogP contribution in [0.3, 0.4) is 0 Å².